The van der Waals surface area contributed by atoms with Crippen LogP contribution in [-0.4, -0.2) is 113 Å². The topological polar surface area (TPSA) is 123 Å². The number of anilines is 1. The highest BCUT2D eigenvalue weighted by Crippen LogP contribution is 2.50. The van der Waals surface area contributed by atoms with Crippen molar-refractivity contribution in [3.63, 3.8) is 0 Å². The Labute approximate surface area is 318 Å². The lowest BCUT2D eigenvalue weighted by Gasteiger charge is -2.52. The number of pyridine rings is 1. The van der Waals surface area contributed by atoms with Gasteiger partial charge in [-0.3, -0.25) is 9.88 Å². The van der Waals surface area contributed by atoms with Crippen LogP contribution in [-0.2, 0) is 14.2 Å². The standard InChI is InChI=1S/C42H47F2N5O6/c1-3-29-32(43)8-7-26-18-28(50)19-30(34(26)29)36-35(44)37-31(21-45-36)38(48-14-17-53-23-40(2,51)22-48)47-39(46-37)54-24-41-10-4-6-33(41)49(13-5-11-41)27-9-15-55-42(20-27)12-16-52-25-42/h1,7-8,18-19,21,27,33,50-51H,4-6,9-17,20,22-25H2,2H3/t27?,33-,40+,41-,42?/m1/s1. The molecule has 11 nitrogen and oxygen atoms in total. The summed E-state index contributed by atoms with van der Waals surface area (Å²) in [6.07, 6.45) is 15.4. The SMILES string of the molecule is C#Cc1c(F)ccc2cc(O)cc(-c3ncc4c(N5CCOC[C@@](C)(O)C5)nc(OC[C@]56CCC[C@H]5N(C5CCOC7(CCOC7)C5)CCC6)nc4c3F)c12. The van der Waals surface area contributed by atoms with Gasteiger partial charge < -0.3 is 34.1 Å². The summed E-state index contributed by atoms with van der Waals surface area (Å²) in [5.74, 6) is 1.15. The number of ether oxygens (including phenoxy) is 4. The lowest BCUT2D eigenvalue weighted by Crippen LogP contribution is -2.58. The molecule has 4 saturated heterocycles. The molecule has 2 unspecified atom stereocenters. The van der Waals surface area contributed by atoms with Crippen molar-refractivity contribution >= 4 is 27.5 Å². The zero-order valence-electron chi connectivity index (χ0n) is 31.2. The first kappa shape index (κ1) is 36.4. The number of hydrogen-bond acceptors (Lipinski definition) is 11. The summed E-state index contributed by atoms with van der Waals surface area (Å²) in [6.45, 7) is 6.25. The number of likely N-dealkylation sites (tertiary alicyclic amines) is 1. The van der Waals surface area contributed by atoms with Crippen molar-refractivity contribution in [2.45, 2.75) is 81.6 Å². The van der Waals surface area contributed by atoms with Crippen LogP contribution in [0.15, 0.2) is 30.5 Å². The Kier molecular flexibility index (Phi) is 9.33. The second-order valence-corrected chi connectivity index (χ2v) is 16.5. The van der Waals surface area contributed by atoms with Crippen LogP contribution in [0.1, 0.15) is 63.9 Å². The first-order valence-corrected chi connectivity index (χ1v) is 19.5. The molecule has 2 aromatic carbocycles. The smallest absolute Gasteiger partial charge is 0.319 e. The monoisotopic (exact) mass is 755 g/mol. The van der Waals surface area contributed by atoms with Gasteiger partial charge in [0.25, 0.3) is 0 Å². The summed E-state index contributed by atoms with van der Waals surface area (Å²) < 4.78 is 56.6. The van der Waals surface area contributed by atoms with E-state index in [0.29, 0.717) is 55.0 Å². The maximum absolute atomic E-state index is 17.1. The molecule has 290 valence electrons. The first-order chi connectivity index (χ1) is 26.6. The lowest BCUT2D eigenvalue weighted by molar-refractivity contribution is -0.125. The summed E-state index contributed by atoms with van der Waals surface area (Å²) in [4.78, 5) is 18.7. The number of halogens is 2. The molecule has 5 atom stereocenters. The van der Waals surface area contributed by atoms with Gasteiger partial charge in [-0.05, 0) is 75.6 Å². The number of phenolic OH excluding ortho intramolecular Hbond substituents is 1. The van der Waals surface area contributed by atoms with E-state index in [2.05, 4.69) is 15.8 Å². The molecular formula is C42H47F2N5O6. The molecule has 0 bridgehead atoms. The average molecular weight is 756 g/mol. The van der Waals surface area contributed by atoms with Crippen LogP contribution in [0, 0.1) is 29.4 Å². The van der Waals surface area contributed by atoms with Crippen molar-refractivity contribution < 1.29 is 37.9 Å². The second kappa shape index (κ2) is 14.1. The van der Waals surface area contributed by atoms with Crippen molar-refractivity contribution in [1.29, 1.82) is 0 Å². The molecule has 2 aromatic heterocycles. The average Bonchev–Trinajstić information content (AvgIpc) is 3.77. The Morgan fingerprint density at radius 2 is 1.89 bits per heavy atom. The number of nitrogens with zero attached hydrogens (tertiary/aromatic N) is 5. The van der Waals surface area contributed by atoms with Crippen LogP contribution in [0.2, 0.25) is 0 Å². The number of fused-ring (bicyclic) bond motifs is 3. The second-order valence-electron chi connectivity index (χ2n) is 16.5. The molecule has 9 rings (SSSR count). The van der Waals surface area contributed by atoms with Gasteiger partial charge in [-0.25, -0.2) is 8.78 Å². The minimum atomic E-state index is -1.20. The zero-order valence-corrected chi connectivity index (χ0v) is 31.2. The Bertz CT molecular complexity index is 2170. The highest BCUT2D eigenvalue weighted by Gasteiger charge is 2.52. The molecule has 0 radical (unpaired) electrons. The van der Waals surface area contributed by atoms with Gasteiger partial charge in [-0.1, -0.05) is 18.4 Å². The predicted octanol–water partition coefficient (Wildman–Crippen LogP) is 5.75. The van der Waals surface area contributed by atoms with E-state index in [0.717, 1.165) is 71.1 Å². The minimum Gasteiger partial charge on any atom is -0.508 e. The van der Waals surface area contributed by atoms with Gasteiger partial charge in [0.1, 0.15) is 34.2 Å². The van der Waals surface area contributed by atoms with Crippen molar-refractivity contribution in [3.05, 3.63) is 47.7 Å². The third kappa shape index (κ3) is 6.55. The quantitative estimate of drug-likeness (QED) is 0.234. The van der Waals surface area contributed by atoms with E-state index < -0.39 is 17.2 Å². The Morgan fingerprint density at radius 1 is 1.04 bits per heavy atom. The van der Waals surface area contributed by atoms with Gasteiger partial charge in [0.05, 0.1) is 49.5 Å². The molecule has 13 heteroatoms. The highest BCUT2D eigenvalue weighted by atomic mass is 19.1. The van der Waals surface area contributed by atoms with Crippen molar-refractivity contribution in [3.8, 4) is 35.4 Å². The van der Waals surface area contributed by atoms with Crippen LogP contribution in [0.5, 0.6) is 11.8 Å². The van der Waals surface area contributed by atoms with E-state index in [9.17, 15) is 10.2 Å². The minimum absolute atomic E-state index is 0.0183. The summed E-state index contributed by atoms with van der Waals surface area (Å²) in [6, 6.07) is 6.25. The first-order valence-electron chi connectivity index (χ1n) is 19.5. The van der Waals surface area contributed by atoms with Gasteiger partial charge in [0.15, 0.2) is 5.82 Å². The molecule has 0 amide bonds. The fraction of sp³-hybridized carbons (Fsp3) is 0.548. The van der Waals surface area contributed by atoms with E-state index in [1.165, 1.54) is 30.5 Å². The maximum Gasteiger partial charge on any atom is 0.319 e. The molecule has 1 saturated carbocycles. The number of piperidine rings is 1. The number of phenols is 1. The zero-order chi connectivity index (χ0) is 38.0. The number of aromatic nitrogens is 3. The van der Waals surface area contributed by atoms with E-state index in [1.54, 1.807) is 6.92 Å². The predicted molar refractivity (Wildman–Crippen MR) is 202 cm³/mol. The number of benzene rings is 2. The summed E-state index contributed by atoms with van der Waals surface area (Å²) in [7, 11) is 0. The fourth-order valence-electron chi connectivity index (χ4n) is 10.2. The molecule has 1 spiro atoms. The number of terminal acetylenes is 1. The molecule has 55 heavy (non-hydrogen) atoms. The van der Waals surface area contributed by atoms with E-state index >= 15 is 8.78 Å². The number of β-amino-alcohol motifs (C(OH)–C–C–N with tert-alkyl or cyclic N) is 1. The highest BCUT2D eigenvalue weighted by molar-refractivity contribution is 6.03. The van der Waals surface area contributed by atoms with E-state index in [1.807, 2.05) is 4.90 Å². The van der Waals surface area contributed by atoms with E-state index in [-0.39, 0.29) is 63.7 Å². The molecule has 1 aliphatic carbocycles. The van der Waals surface area contributed by atoms with Crippen LogP contribution in [0.3, 0.4) is 0 Å². The van der Waals surface area contributed by atoms with Crippen LogP contribution in [0.25, 0.3) is 32.9 Å². The van der Waals surface area contributed by atoms with Gasteiger partial charge in [-0.2, -0.15) is 9.97 Å². The molecule has 4 aromatic rings. The third-order valence-electron chi connectivity index (χ3n) is 12.7. The van der Waals surface area contributed by atoms with Gasteiger partial charge in [-0.15, -0.1) is 6.42 Å². The molecule has 5 fully saturated rings. The molecule has 6 heterocycles. The summed E-state index contributed by atoms with van der Waals surface area (Å²) in [5, 5.41) is 22.8. The van der Waals surface area contributed by atoms with Crippen LogP contribution >= 0.6 is 0 Å². The van der Waals surface area contributed by atoms with Crippen LogP contribution in [0.4, 0.5) is 14.6 Å². The number of aliphatic hydroxyl groups is 1. The molecule has 4 aliphatic heterocycles. The molecule has 5 aliphatic rings. The van der Waals surface area contributed by atoms with Crippen molar-refractivity contribution in [2.24, 2.45) is 5.41 Å². The maximum atomic E-state index is 17.1. The third-order valence-corrected chi connectivity index (χ3v) is 12.7. The number of rotatable bonds is 6. The van der Waals surface area contributed by atoms with E-state index in [4.69, 9.17) is 35.3 Å². The summed E-state index contributed by atoms with van der Waals surface area (Å²) >= 11 is 0. The molecular weight excluding hydrogens is 708 g/mol. The Balaban J connectivity index is 1.10. The molecule has 2 N–H and O–H groups in total. The lowest BCUT2D eigenvalue weighted by atomic mass is 9.74. The normalized spacial score (nSPS) is 30.1. The Morgan fingerprint density at radius 3 is 2.73 bits per heavy atom. The fourth-order valence-corrected chi connectivity index (χ4v) is 10.2. The largest absolute Gasteiger partial charge is 0.508 e. The van der Waals surface area contributed by atoms with Crippen LogP contribution < -0.4 is 9.64 Å². The number of aromatic hydroxyl groups is 1. The Hall–Kier alpha value is -4.19. The van der Waals surface area contributed by atoms with Crippen molar-refractivity contribution in [2.75, 3.05) is 64.2 Å². The van der Waals surface area contributed by atoms with Gasteiger partial charge in [0.2, 0.25) is 0 Å². The van der Waals surface area contributed by atoms with Gasteiger partial charge in [0, 0.05) is 60.8 Å². The van der Waals surface area contributed by atoms with Crippen molar-refractivity contribution in [1.82, 2.24) is 19.9 Å². The van der Waals surface area contributed by atoms with Gasteiger partial charge >= 0.3 is 6.01 Å². The summed E-state index contributed by atoms with van der Waals surface area (Å²) in [5.41, 5.74) is -1.65. The number of hydrogen-bond donors (Lipinski definition) is 2.